The Balaban J connectivity index is 0.857. The lowest BCUT2D eigenvalue weighted by molar-refractivity contribution is -0.559. The Morgan fingerprint density at radius 2 is 1.29 bits per heavy atom. The molecule has 7 saturated heterocycles. The third-order valence-corrected chi connectivity index (χ3v) is 15.6. The minimum absolute atomic E-state index is 0.0323. The molecular weight excluding hydrogens is 616 g/mol. The van der Waals surface area contributed by atoms with Crippen LogP contribution in [-0.4, -0.2) is 69.9 Å². The van der Waals surface area contributed by atoms with E-state index in [1.807, 2.05) is 30.4 Å². The van der Waals surface area contributed by atoms with E-state index < -0.39 is 23.3 Å². The molecule has 10 aliphatic rings. The fourth-order valence-electron chi connectivity index (χ4n) is 10.8. The van der Waals surface area contributed by atoms with Crippen molar-refractivity contribution in [1.29, 1.82) is 0 Å². The van der Waals surface area contributed by atoms with Crippen LogP contribution in [0, 0.1) is 47.3 Å². The molecule has 252 valence electrons. The molecule has 10 rings (SSSR count). The van der Waals surface area contributed by atoms with E-state index in [1.165, 1.54) is 0 Å². The first-order chi connectivity index (χ1) is 21.6. The summed E-state index contributed by atoms with van der Waals surface area (Å²) in [5.41, 5.74) is -1.58. The van der Waals surface area contributed by atoms with E-state index in [9.17, 15) is 9.59 Å². The van der Waals surface area contributed by atoms with Crippen LogP contribution in [0.2, 0.25) is 0 Å². The van der Waals surface area contributed by atoms with Crippen LogP contribution >= 0.6 is 23.5 Å². The molecule has 0 aromatic carbocycles. The van der Waals surface area contributed by atoms with Crippen LogP contribution in [0.15, 0.2) is 0 Å². The number of hydrogen-bond donors (Lipinski definition) is 0. The van der Waals surface area contributed by atoms with E-state index in [2.05, 4.69) is 20.8 Å². The molecule has 9 nitrogen and oxygen atoms in total. The van der Waals surface area contributed by atoms with Crippen molar-refractivity contribution >= 4 is 35.5 Å². The summed E-state index contributed by atoms with van der Waals surface area (Å²) in [4.78, 5) is 51.3. The van der Waals surface area contributed by atoms with E-state index in [0.29, 0.717) is 23.5 Å². The summed E-state index contributed by atoms with van der Waals surface area (Å²) >= 11 is 3.67. The Morgan fingerprint density at radius 3 is 2.00 bits per heavy atom. The van der Waals surface area contributed by atoms with Crippen LogP contribution in [0.25, 0.3) is 0 Å². The van der Waals surface area contributed by atoms with Gasteiger partial charge in [0.15, 0.2) is 5.60 Å². The first-order valence-electron chi connectivity index (χ1n) is 17.6. The Labute approximate surface area is 275 Å². The molecule has 0 N–H and O–H groups in total. The van der Waals surface area contributed by atoms with Gasteiger partial charge in [-0.15, -0.1) is 0 Å². The summed E-state index contributed by atoms with van der Waals surface area (Å²) in [6.45, 7) is 8.61. The second-order valence-corrected chi connectivity index (χ2v) is 18.3. The molecule has 3 aliphatic carbocycles. The van der Waals surface area contributed by atoms with Gasteiger partial charge < -0.3 is 14.2 Å². The van der Waals surface area contributed by atoms with Gasteiger partial charge in [0.25, 0.3) is 0 Å². The van der Waals surface area contributed by atoms with Gasteiger partial charge in [-0.05, 0) is 94.5 Å². The van der Waals surface area contributed by atoms with Crippen LogP contribution in [0.1, 0.15) is 91.9 Å². The molecule has 4 bridgehead atoms. The van der Waals surface area contributed by atoms with Gasteiger partial charge in [-0.3, -0.25) is 9.59 Å². The summed E-state index contributed by atoms with van der Waals surface area (Å²) in [7, 11) is 0. The summed E-state index contributed by atoms with van der Waals surface area (Å²) in [5.74, 6) is 3.72. The van der Waals surface area contributed by atoms with Crippen molar-refractivity contribution < 1.29 is 43.3 Å². The SMILES string of the molecule is C[C@@H]1CC[C@H]2[C@@H](CSCCCSC[C@H]3C(=O)O[C@@H]4OC5(C)CC[C@H]6[C@H](C)CC[C@@H]3C46OO5)C(=O)O[C@@H]3CC4(C)CCC1C32OO4. The van der Waals surface area contributed by atoms with E-state index in [0.717, 1.165) is 81.5 Å². The van der Waals surface area contributed by atoms with Gasteiger partial charge >= 0.3 is 11.9 Å². The Kier molecular flexibility index (Phi) is 8.11. The largest absolute Gasteiger partial charge is 0.459 e. The Hall–Kier alpha value is -0.560. The van der Waals surface area contributed by atoms with Crippen molar-refractivity contribution in [1.82, 2.24) is 0 Å². The Morgan fingerprint density at radius 1 is 0.689 bits per heavy atom. The fraction of sp³-hybridized carbons (Fsp3) is 0.941. The molecule has 0 radical (unpaired) electrons. The molecule has 0 amide bonds. The Bertz CT molecular complexity index is 1100. The second-order valence-electron chi connectivity index (χ2n) is 16.0. The summed E-state index contributed by atoms with van der Waals surface area (Å²) in [6.07, 6.45) is 8.68. The lowest BCUT2D eigenvalue weighted by atomic mass is 9.57. The highest BCUT2D eigenvalue weighted by molar-refractivity contribution is 8.00. The zero-order valence-electron chi connectivity index (χ0n) is 27.2. The van der Waals surface area contributed by atoms with Crippen molar-refractivity contribution in [3.8, 4) is 0 Å². The molecular formula is C34H50O9S2. The highest BCUT2D eigenvalue weighted by Gasteiger charge is 2.71. The number of esters is 2. The molecule has 2 spiro atoms. The summed E-state index contributed by atoms with van der Waals surface area (Å²) in [6, 6.07) is 0. The maximum atomic E-state index is 13.4. The second kappa shape index (κ2) is 11.5. The topological polar surface area (TPSA) is 98.8 Å². The number of hydrogen-bond acceptors (Lipinski definition) is 11. The minimum atomic E-state index is -0.863. The highest BCUT2D eigenvalue weighted by atomic mass is 32.2. The number of fused-ring (bicyclic) bond motifs is 4. The van der Waals surface area contributed by atoms with Crippen molar-refractivity contribution in [2.75, 3.05) is 23.0 Å². The maximum absolute atomic E-state index is 13.4. The summed E-state index contributed by atoms with van der Waals surface area (Å²) < 4.78 is 18.5. The van der Waals surface area contributed by atoms with Crippen molar-refractivity contribution in [2.45, 2.75) is 127 Å². The highest BCUT2D eigenvalue weighted by Crippen LogP contribution is 2.62. The molecule has 11 heteroatoms. The van der Waals surface area contributed by atoms with E-state index in [4.69, 9.17) is 33.8 Å². The molecule has 7 aliphatic heterocycles. The predicted molar refractivity (Wildman–Crippen MR) is 168 cm³/mol. The standard InChI is InChI=1S/C34H50O9S2/c1-19-6-8-25-21(28(35)37-27-16-31(3)12-10-23(19)33(25,27)42-40-31)17-44-14-5-15-45-18-22-26-9-7-20(2)24-11-13-32(4)39-30(38-29(22)36)34(24,26)43-41-32/h19-27,30H,5-18H2,1-4H3/t19-,20-,21-,22-,23?,24+,25+,26+,27-,30-,31?,32?,33?,34?/m1/s1. The smallest absolute Gasteiger partial charge is 0.312 e. The minimum Gasteiger partial charge on any atom is -0.459 e. The zero-order chi connectivity index (χ0) is 31.2. The number of rotatable bonds is 8. The maximum Gasteiger partial charge on any atom is 0.312 e. The van der Waals surface area contributed by atoms with E-state index >= 15 is 0 Å². The van der Waals surface area contributed by atoms with Crippen LogP contribution < -0.4 is 0 Å². The van der Waals surface area contributed by atoms with Gasteiger partial charge in [-0.1, -0.05) is 13.8 Å². The quantitative estimate of drug-likeness (QED) is 0.171. The monoisotopic (exact) mass is 666 g/mol. The molecule has 5 unspecified atom stereocenters. The first kappa shape index (κ1) is 31.7. The molecule has 10 fully saturated rings. The van der Waals surface area contributed by atoms with Crippen molar-refractivity contribution in [3.05, 3.63) is 0 Å². The van der Waals surface area contributed by atoms with Crippen LogP contribution in [-0.2, 0) is 43.3 Å². The molecule has 0 aromatic rings. The predicted octanol–water partition coefficient (Wildman–Crippen LogP) is 6.08. The van der Waals surface area contributed by atoms with Gasteiger partial charge in [-0.25, -0.2) is 19.6 Å². The fourth-order valence-corrected chi connectivity index (χ4v) is 13.3. The number of carbonyl (C=O) groups excluding carboxylic acids is 2. The lowest BCUT2D eigenvalue weighted by Gasteiger charge is -2.59. The van der Waals surface area contributed by atoms with Gasteiger partial charge in [0.2, 0.25) is 12.1 Å². The molecule has 7 heterocycles. The van der Waals surface area contributed by atoms with Gasteiger partial charge in [-0.2, -0.15) is 23.5 Å². The number of ether oxygens (including phenoxy) is 3. The van der Waals surface area contributed by atoms with Gasteiger partial charge in [0, 0.05) is 42.1 Å². The van der Waals surface area contributed by atoms with E-state index in [1.54, 1.807) is 0 Å². The first-order valence-corrected chi connectivity index (χ1v) is 19.9. The zero-order valence-corrected chi connectivity index (χ0v) is 28.8. The third-order valence-electron chi connectivity index (χ3n) is 13.3. The van der Waals surface area contributed by atoms with Crippen LogP contribution in [0.4, 0.5) is 0 Å². The third kappa shape index (κ3) is 4.90. The molecule has 45 heavy (non-hydrogen) atoms. The average Bonchev–Trinajstić information content (AvgIpc) is 3.38. The number of thioether (sulfide) groups is 2. The summed E-state index contributed by atoms with van der Waals surface area (Å²) in [5, 5.41) is 0. The average molecular weight is 667 g/mol. The number of carbonyl (C=O) groups is 2. The molecule has 3 saturated carbocycles. The molecule has 0 aromatic heterocycles. The van der Waals surface area contributed by atoms with Crippen LogP contribution in [0.5, 0.6) is 0 Å². The lowest BCUT2D eigenvalue weighted by Crippen LogP contribution is -2.70. The van der Waals surface area contributed by atoms with Gasteiger partial charge in [0.1, 0.15) is 17.3 Å². The van der Waals surface area contributed by atoms with Crippen molar-refractivity contribution in [3.63, 3.8) is 0 Å². The van der Waals surface area contributed by atoms with Gasteiger partial charge in [0.05, 0.1) is 11.8 Å². The molecule has 14 atom stereocenters. The normalized spacial score (nSPS) is 53.1. The van der Waals surface area contributed by atoms with E-state index in [-0.39, 0.29) is 53.2 Å². The van der Waals surface area contributed by atoms with Crippen molar-refractivity contribution in [2.24, 2.45) is 47.3 Å². The van der Waals surface area contributed by atoms with Crippen LogP contribution in [0.3, 0.4) is 0 Å².